The number of aromatic nitrogens is 1. The number of carbonyl (C=O) groups is 1. The van der Waals surface area contributed by atoms with Gasteiger partial charge in [-0.25, -0.2) is 5.01 Å². The number of allylic oxidation sites excluding steroid dienone is 1. The van der Waals surface area contributed by atoms with Gasteiger partial charge in [0, 0.05) is 43.2 Å². The summed E-state index contributed by atoms with van der Waals surface area (Å²) in [4.78, 5) is 13.9. The first-order valence-corrected chi connectivity index (χ1v) is 14.0. The second kappa shape index (κ2) is 11.4. The van der Waals surface area contributed by atoms with Crippen LogP contribution < -0.4 is 0 Å². The van der Waals surface area contributed by atoms with Crippen LogP contribution in [0.5, 0.6) is 0 Å². The summed E-state index contributed by atoms with van der Waals surface area (Å²) in [6.07, 6.45) is 2.19. The molecule has 9 heteroatoms. The topological polar surface area (TPSA) is 28.5 Å². The van der Waals surface area contributed by atoms with Crippen LogP contribution in [-0.4, -0.2) is 46.3 Å². The highest BCUT2D eigenvalue weighted by atomic mass is 35.5. The molecule has 0 N–H and O–H groups in total. The Morgan fingerprint density at radius 2 is 1.69 bits per heavy atom. The lowest BCUT2D eigenvalue weighted by Gasteiger charge is -2.39. The molecule has 39 heavy (non-hydrogen) atoms. The molecule has 1 aromatic heterocycles. The highest BCUT2D eigenvalue weighted by Crippen LogP contribution is 2.40. The molecule has 2 aliphatic heterocycles. The number of amides is 1. The summed E-state index contributed by atoms with van der Waals surface area (Å²) < 4.78 is 39.5. The number of fused-ring (bicyclic) bond motifs is 1. The van der Waals surface area contributed by atoms with E-state index in [2.05, 4.69) is 9.58 Å². The maximum absolute atomic E-state index is 13.9. The van der Waals surface area contributed by atoms with Gasteiger partial charge in [-0.2, -0.15) is 13.2 Å². The van der Waals surface area contributed by atoms with E-state index in [1.165, 1.54) is 12.5 Å². The molecular formula is C30H30Cl2F3N3O. The van der Waals surface area contributed by atoms with E-state index in [4.69, 9.17) is 23.2 Å². The summed E-state index contributed by atoms with van der Waals surface area (Å²) in [5, 5.41) is 5.09. The lowest BCUT2D eigenvalue weighted by atomic mass is 10.0. The van der Waals surface area contributed by atoms with E-state index in [1.807, 2.05) is 42.3 Å². The molecule has 2 aliphatic rings. The second-order valence-electron chi connectivity index (χ2n) is 10.1. The van der Waals surface area contributed by atoms with Gasteiger partial charge in [-0.15, -0.1) is 0 Å². The zero-order valence-electron chi connectivity index (χ0n) is 21.7. The van der Waals surface area contributed by atoms with Crippen molar-refractivity contribution in [2.45, 2.75) is 51.6 Å². The fourth-order valence-corrected chi connectivity index (χ4v) is 6.09. The molecule has 4 nitrogen and oxygen atoms in total. The normalized spacial score (nSPS) is 16.8. The molecule has 0 radical (unpaired) electrons. The lowest BCUT2D eigenvalue weighted by molar-refractivity contribution is -0.133. The largest absolute Gasteiger partial charge is 0.389 e. The van der Waals surface area contributed by atoms with Crippen LogP contribution in [0, 0.1) is 6.92 Å². The molecule has 1 amide bonds. The van der Waals surface area contributed by atoms with Gasteiger partial charge in [0.25, 0.3) is 5.91 Å². The number of rotatable bonds is 6. The van der Waals surface area contributed by atoms with Crippen molar-refractivity contribution < 1.29 is 18.0 Å². The molecular weight excluding hydrogens is 546 g/mol. The van der Waals surface area contributed by atoms with Crippen molar-refractivity contribution in [2.75, 3.05) is 19.6 Å². The van der Waals surface area contributed by atoms with Crippen molar-refractivity contribution in [3.05, 3.63) is 81.0 Å². The zero-order valence-corrected chi connectivity index (χ0v) is 23.2. The summed E-state index contributed by atoms with van der Waals surface area (Å²) in [6, 6.07) is 13.0. The van der Waals surface area contributed by atoms with Gasteiger partial charge in [-0.1, -0.05) is 66.0 Å². The highest BCUT2D eigenvalue weighted by molar-refractivity contribution is 6.35. The maximum atomic E-state index is 13.9. The van der Waals surface area contributed by atoms with Crippen molar-refractivity contribution >= 4 is 35.2 Å². The van der Waals surface area contributed by atoms with Crippen LogP contribution in [0.25, 0.3) is 23.0 Å². The van der Waals surface area contributed by atoms with Crippen molar-refractivity contribution in [3.8, 4) is 16.9 Å². The summed E-state index contributed by atoms with van der Waals surface area (Å²) >= 11 is 12.9. The lowest BCUT2D eigenvalue weighted by Crippen LogP contribution is -2.51. The van der Waals surface area contributed by atoms with E-state index in [0.717, 1.165) is 59.7 Å². The molecule has 0 spiro atoms. The predicted molar refractivity (Wildman–Crippen MR) is 150 cm³/mol. The van der Waals surface area contributed by atoms with Crippen molar-refractivity contribution in [2.24, 2.45) is 0 Å². The first-order chi connectivity index (χ1) is 18.6. The molecule has 3 heterocycles. The Labute approximate surface area is 236 Å². The quantitative estimate of drug-likeness (QED) is 0.294. The van der Waals surface area contributed by atoms with Gasteiger partial charge in [-0.05, 0) is 61.1 Å². The first kappa shape index (κ1) is 27.8. The summed E-state index contributed by atoms with van der Waals surface area (Å²) in [5.74, 6) is 0.00459. The number of alkyl halides is 3. The van der Waals surface area contributed by atoms with Gasteiger partial charge in [0.15, 0.2) is 0 Å². The van der Waals surface area contributed by atoms with Crippen LogP contribution in [0.4, 0.5) is 13.2 Å². The van der Waals surface area contributed by atoms with E-state index in [9.17, 15) is 18.0 Å². The van der Waals surface area contributed by atoms with Gasteiger partial charge in [0.05, 0.1) is 22.0 Å². The van der Waals surface area contributed by atoms with Crippen LogP contribution in [0.15, 0.2) is 48.5 Å². The summed E-state index contributed by atoms with van der Waals surface area (Å²) in [6.45, 7) is 4.34. The number of hydrogen-bond donors (Lipinski definition) is 0. The van der Waals surface area contributed by atoms with E-state index < -0.39 is 12.6 Å². The number of piperidine rings is 1. The van der Waals surface area contributed by atoms with Gasteiger partial charge in [0.2, 0.25) is 0 Å². The molecule has 2 aromatic carbocycles. The molecule has 0 atom stereocenters. The number of hydrazine groups is 1. The standard InChI is InChI=1S/C30H30Cl2F3N3O/c1-20-27-26(14-18-37(29(27)39)36-16-5-2-6-17-36)38(25-13-12-23(31)19-24(25)32)28(20)22-10-8-21(9-11-22)7-3-4-15-30(33,34)35/h3,7-13,19H,2,4-6,14-18H2,1H3/b7-3+. The van der Waals surface area contributed by atoms with Crippen molar-refractivity contribution in [1.82, 2.24) is 14.6 Å². The van der Waals surface area contributed by atoms with E-state index in [1.54, 1.807) is 18.2 Å². The summed E-state index contributed by atoms with van der Waals surface area (Å²) in [7, 11) is 0. The number of halogens is 5. The zero-order chi connectivity index (χ0) is 27.7. The van der Waals surface area contributed by atoms with Crippen molar-refractivity contribution in [1.29, 1.82) is 0 Å². The second-order valence-corrected chi connectivity index (χ2v) is 10.9. The monoisotopic (exact) mass is 575 g/mol. The maximum Gasteiger partial charge on any atom is 0.389 e. The fourth-order valence-electron chi connectivity index (χ4n) is 5.59. The van der Waals surface area contributed by atoms with E-state index in [-0.39, 0.29) is 12.3 Å². The van der Waals surface area contributed by atoms with E-state index >= 15 is 0 Å². The molecule has 0 bridgehead atoms. The van der Waals surface area contributed by atoms with Crippen LogP contribution in [-0.2, 0) is 6.42 Å². The van der Waals surface area contributed by atoms with Gasteiger partial charge in [0.1, 0.15) is 0 Å². The molecule has 0 saturated carbocycles. The molecule has 1 saturated heterocycles. The number of nitrogens with zero attached hydrogens (tertiary/aromatic N) is 3. The third-order valence-corrected chi connectivity index (χ3v) is 7.97. The van der Waals surface area contributed by atoms with Gasteiger partial charge in [-0.3, -0.25) is 9.80 Å². The van der Waals surface area contributed by atoms with Crippen LogP contribution in [0.2, 0.25) is 10.0 Å². The van der Waals surface area contributed by atoms with Crippen LogP contribution in [0.3, 0.4) is 0 Å². The number of benzene rings is 2. The van der Waals surface area contributed by atoms with Crippen LogP contribution >= 0.6 is 23.2 Å². The Hall–Kier alpha value is -2.74. The predicted octanol–water partition coefficient (Wildman–Crippen LogP) is 8.51. The Kier molecular flexibility index (Phi) is 8.13. The number of carbonyl (C=O) groups excluding carboxylic acids is 1. The molecule has 5 rings (SSSR count). The minimum absolute atomic E-state index is 0.00459. The van der Waals surface area contributed by atoms with Crippen LogP contribution in [0.1, 0.15) is 59.3 Å². The van der Waals surface area contributed by atoms with E-state index in [0.29, 0.717) is 28.6 Å². The molecule has 3 aromatic rings. The third-order valence-electron chi connectivity index (χ3n) is 7.43. The highest BCUT2D eigenvalue weighted by Gasteiger charge is 2.36. The number of hydrogen-bond acceptors (Lipinski definition) is 2. The Morgan fingerprint density at radius 1 is 0.974 bits per heavy atom. The summed E-state index contributed by atoms with van der Waals surface area (Å²) in [5.41, 5.74) is 5.79. The average molecular weight is 576 g/mol. The van der Waals surface area contributed by atoms with Crippen molar-refractivity contribution in [3.63, 3.8) is 0 Å². The fraction of sp³-hybridized carbons (Fsp3) is 0.367. The Morgan fingerprint density at radius 3 is 2.36 bits per heavy atom. The van der Waals surface area contributed by atoms with Gasteiger partial charge < -0.3 is 4.57 Å². The Bertz CT molecular complexity index is 1390. The smallest absolute Gasteiger partial charge is 0.311 e. The average Bonchev–Trinajstić information content (AvgIpc) is 3.20. The SMILES string of the molecule is Cc1c2c(n(-c3ccc(Cl)cc3Cl)c1-c1ccc(/C=C/CCC(F)(F)F)cc1)CCN(N1CCCCC1)C2=O. The first-order valence-electron chi connectivity index (χ1n) is 13.2. The Balaban J connectivity index is 1.55. The molecule has 206 valence electrons. The molecule has 0 unspecified atom stereocenters. The molecule has 0 aliphatic carbocycles. The third kappa shape index (κ3) is 5.91. The molecule has 1 fully saturated rings. The van der Waals surface area contributed by atoms with Gasteiger partial charge >= 0.3 is 6.18 Å². The minimum atomic E-state index is -4.17. The minimum Gasteiger partial charge on any atom is -0.311 e.